The van der Waals surface area contributed by atoms with Crippen molar-refractivity contribution in [3.8, 4) is 17.6 Å². The van der Waals surface area contributed by atoms with Gasteiger partial charge in [0.05, 0.1) is 44.0 Å². The smallest absolute Gasteiger partial charge is 0.329 e. The minimum Gasteiger partial charge on any atom is -0.491 e. The highest BCUT2D eigenvalue weighted by molar-refractivity contribution is 6.25. The van der Waals surface area contributed by atoms with Gasteiger partial charge in [0, 0.05) is 44.1 Å². The highest BCUT2D eigenvalue weighted by Crippen LogP contribution is 2.66. The third-order valence-corrected chi connectivity index (χ3v) is 13.9. The standard InChI is InChI=1S/C54H55N9O10/c1-33(2)42(48(66)71-3)59-53(70)62-40-22-17-34(12-10-23-56-51(55)69)32-39(40)54(50(62)68)41(47(65)60-26-28-61(29-27-60)52-57-24-11-25-58-52)44-49(67)73-45(36-15-8-5-9-16-36)43(35-13-6-4-7-14-35)63(44)46(54)37-18-20-38(21-19-37)72-31-30-64/h4-9,11,13-22,24-25,32-33,41-46,64H,23,26-31H2,1-3H3,(H,59,70)(H3,55,56,69)/t41-,42+,43-,44-,45+,46+,54-/m1/s1. The van der Waals surface area contributed by atoms with Crippen molar-refractivity contribution in [2.45, 2.75) is 49.5 Å². The largest absolute Gasteiger partial charge is 0.491 e. The fourth-order valence-corrected chi connectivity index (χ4v) is 10.8. The second-order valence-corrected chi connectivity index (χ2v) is 18.4. The van der Waals surface area contributed by atoms with Gasteiger partial charge in [-0.25, -0.2) is 29.3 Å². The number of morpholine rings is 1. The van der Waals surface area contributed by atoms with Crippen LogP contribution >= 0.6 is 0 Å². The zero-order valence-electron chi connectivity index (χ0n) is 40.4. The number of aliphatic hydroxyl groups is 1. The van der Waals surface area contributed by atoms with Gasteiger partial charge in [0.15, 0.2) is 0 Å². The van der Waals surface area contributed by atoms with Crippen LogP contribution in [0.2, 0.25) is 0 Å². The van der Waals surface area contributed by atoms with Crippen LogP contribution in [0.3, 0.4) is 0 Å². The lowest BCUT2D eigenvalue weighted by molar-refractivity contribution is -0.179. The molecule has 376 valence electrons. The van der Waals surface area contributed by atoms with Gasteiger partial charge in [-0.3, -0.25) is 19.3 Å². The van der Waals surface area contributed by atoms with Gasteiger partial charge in [-0.05, 0) is 64.6 Å². The van der Waals surface area contributed by atoms with Crippen molar-refractivity contribution in [2.75, 3.05) is 62.8 Å². The lowest BCUT2D eigenvalue weighted by atomic mass is 9.64. The van der Waals surface area contributed by atoms with Crippen LogP contribution in [0.4, 0.5) is 21.2 Å². The number of benzene rings is 4. The van der Waals surface area contributed by atoms with E-state index in [4.69, 9.17) is 19.9 Å². The maximum Gasteiger partial charge on any atom is 0.329 e. The molecule has 19 nitrogen and oxygen atoms in total. The number of methoxy groups -OCH3 is 1. The van der Waals surface area contributed by atoms with E-state index >= 15 is 19.2 Å². The normalized spacial score (nSPS) is 22.6. The second kappa shape index (κ2) is 21.2. The Morgan fingerprint density at radius 3 is 2.16 bits per heavy atom. The summed E-state index contributed by atoms with van der Waals surface area (Å²) in [6.07, 6.45) is 2.30. The lowest BCUT2D eigenvalue weighted by Crippen LogP contribution is -2.60. The molecule has 4 aromatic carbocycles. The molecule has 0 bridgehead atoms. The van der Waals surface area contributed by atoms with E-state index in [0.717, 1.165) is 4.90 Å². The summed E-state index contributed by atoms with van der Waals surface area (Å²) in [7, 11) is 1.20. The lowest BCUT2D eigenvalue weighted by Gasteiger charge is -2.46. The zero-order valence-corrected chi connectivity index (χ0v) is 40.4. The molecule has 3 saturated heterocycles. The summed E-state index contributed by atoms with van der Waals surface area (Å²) in [6.45, 7) is 4.01. The summed E-state index contributed by atoms with van der Waals surface area (Å²) in [4.78, 5) is 104. The van der Waals surface area contributed by atoms with Crippen molar-refractivity contribution in [1.29, 1.82) is 0 Å². The number of hydrogen-bond acceptors (Lipinski definition) is 14. The molecule has 9 rings (SSSR count). The van der Waals surface area contributed by atoms with Crippen molar-refractivity contribution in [2.24, 2.45) is 17.6 Å². The van der Waals surface area contributed by atoms with Crippen LogP contribution in [-0.4, -0.2) is 126 Å². The van der Waals surface area contributed by atoms with Gasteiger partial charge in [0.25, 0.3) is 0 Å². The maximum absolute atomic E-state index is 16.8. The molecule has 7 atom stereocenters. The number of nitrogens with zero attached hydrogens (tertiary/aromatic N) is 6. The molecule has 0 radical (unpaired) electrons. The Morgan fingerprint density at radius 1 is 0.863 bits per heavy atom. The quantitative estimate of drug-likeness (QED) is 0.103. The third-order valence-electron chi connectivity index (χ3n) is 13.9. The van der Waals surface area contributed by atoms with Gasteiger partial charge < -0.3 is 45.5 Å². The highest BCUT2D eigenvalue weighted by Gasteiger charge is 2.76. The molecule has 4 aliphatic heterocycles. The Labute approximate surface area is 421 Å². The Hall–Kier alpha value is -8.34. The molecule has 3 fully saturated rings. The molecular formula is C54H55N9O10. The summed E-state index contributed by atoms with van der Waals surface area (Å²) < 4.78 is 17.5. The third kappa shape index (κ3) is 9.26. The maximum atomic E-state index is 16.8. The number of rotatable bonds is 12. The molecule has 73 heavy (non-hydrogen) atoms. The fraction of sp³-hybridized carbons (Fsp3) is 0.333. The van der Waals surface area contributed by atoms with Crippen LogP contribution in [0.25, 0.3) is 0 Å². The monoisotopic (exact) mass is 989 g/mol. The second-order valence-electron chi connectivity index (χ2n) is 18.4. The molecule has 1 aromatic heterocycles. The first-order chi connectivity index (χ1) is 35.4. The van der Waals surface area contributed by atoms with E-state index in [1.54, 1.807) is 79.7 Å². The molecule has 5 heterocycles. The summed E-state index contributed by atoms with van der Waals surface area (Å²) >= 11 is 0. The Morgan fingerprint density at radius 2 is 1.53 bits per heavy atom. The summed E-state index contributed by atoms with van der Waals surface area (Å²) in [5, 5.41) is 14.9. The van der Waals surface area contributed by atoms with Gasteiger partial charge in [0.2, 0.25) is 17.8 Å². The number of cyclic esters (lactones) is 1. The van der Waals surface area contributed by atoms with Crippen LogP contribution in [0.1, 0.15) is 59.9 Å². The van der Waals surface area contributed by atoms with Gasteiger partial charge >= 0.3 is 24.0 Å². The van der Waals surface area contributed by atoms with Crippen LogP contribution in [0, 0.1) is 23.7 Å². The minimum atomic E-state index is -2.14. The van der Waals surface area contributed by atoms with Gasteiger partial charge in [-0.1, -0.05) is 98.5 Å². The number of amides is 6. The number of carbonyl (C=O) groups is 6. The van der Waals surface area contributed by atoms with Crippen LogP contribution in [0.5, 0.6) is 5.75 Å². The van der Waals surface area contributed by atoms with Gasteiger partial charge in [-0.15, -0.1) is 0 Å². The number of anilines is 2. The molecule has 4 aliphatic rings. The average Bonchev–Trinajstić information content (AvgIpc) is 3.92. The van der Waals surface area contributed by atoms with Crippen molar-refractivity contribution >= 4 is 47.5 Å². The molecule has 0 saturated carbocycles. The number of esters is 2. The molecule has 6 amide bonds. The SMILES string of the molecule is COC(=O)[C@@H](NC(=O)N1C(=O)[C@@]2(c3cc(C#CCNC(N)=O)ccc31)[C@H](c1ccc(OCCO)cc1)N1[C@H](c3ccccc3)[C@H](c3ccccc3)OC(=O)[C@H]1[C@@H]2C(=O)N1CCN(c2ncccn2)CC1)C(C)C. The molecule has 1 spiro atoms. The van der Waals surface area contributed by atoms with E-state index in [9.17, 15) is 14.7 Å². The number of ether oxygens (including phenoxy) is 3. The first-order valence-electron chi connectivity index (χ1n) is 24.0. The Kier molecular flexibility index (Phi) is 14.4. The molecule has 5 N–H and O–H groups in total. The Bertz CT molecular complexity index is 2930. The van der Waals surface area contributed by atoms with Crippen LogP contribution < -0.4 is 30.9 Å². The minimum absolute atomic E-state index is 0.000519. The zero-order chi connectivity index (χ0) is 51.4. The summed E-state index contributed by atoms with van der Waals surface area (Å²) in [5.74, 6) is 1.84. The first-order valence-corrected chi connectivity index (χ1v) is 24.0. The predicted molar refractivity (Wildman–Crippen MR) is 265 cm³/mol. The first kappa shape index (κ1) is 49.6. The van der Waals surface area contributed by atoms with E-state index < -0.39 is 83.3 Å². The Balaban J connectivity index is 1.32. The highest BCUT2D eigenvalue weighted by atomic mass is 16.6. The van der Waals surface area contributed by atoms with Crippen LogP contribution in [0.15, 0.2) is 122 Å². The number of imide groups is 1. The number of nitrogens with two attached hydrogens (primary N) is 1. The average molecular weight is 990 g/mol. The molecule has 0 unspecified atom stereocenters. The summed E-state index contributed by atoms with van der Waals surface area (Å²) in [5.41, 5.74) is 5.67. The number of piperazine rings is 1. The number of fused-ring (bicyclic) bond motifs is 3. The van der Waals surface area contributed by atoms with Gasteiger partial charge in [-0.2, -0.15) is 0 Å². The number of primary amides is 1. The molecule has 19 heteroatoms. The summed E-state index contributed by atoms with van der Waals surface area (Å²) in [6, 6.07) is 25.5. The molecular weight excluding hydrogens is 935 g/mol. The number of aliphatic hydroxyl groups excluding tert-OH is 1. The van der Waals surface area contributed by atoms with Crippen molar-refractivity contribution in [1.82, 2.24) is 30.4 Å². The van der Waals surface area contributed by atoms with E-state index in [0.29, 0.717) is 47.0 Å². The molecule has 5 aromatic rings. The van der Waals surface area contributed by atoms with E-state index in [1.807, 2.05) is 70.5 Å². The van der Waals surface area contributed by atoms with Gasteiger partial charge in [0.1, 0.15) is 36.0 Å². The molecule has 0 aliphatic carbocycles. The van der Waals surface area contributed by atoms with Crippen LogP contribution in [-0.2, 0) is 34.1 Å². The van der Waals surface area contributed by atoms with E-state index in [2.05, 4.69) is 32.4 Å². The number of urea groups is 2. The number of carbonyl (C=O) groups excluding carboxylic acids is 6. The van der Waals surface area contributed by atoms with E-state index in [1.165, 1.54) is 7.11 Å². The fourth-order valence-electron chi connectivity index (χ4n) is 10.8. The topological polar surface area (TPSA) is 239 Å². The predicted octanol–water partition coefficient (Wildman–Crippen LogP) is 3.79. The van der Waals surface area contributed by atoms with Crippen molar-refractivity contribution in [3.63, 3.8) is 0 Å². The van der Waals surface area contributed by atoms with E-state index in [-0.39, 0.29) is 44.1 Å². The van der Waals surface area contributed by atoms with Crippen molar-refractivity contribution < 1.29 is 48.1 Å². The number of nitrogens with one attached hydrogen (secondary N) is 2. The van der Waals surface area contributed by atoms with Crippen molar-refractivity contribution in [3.05, 3.63) is 149 Å². The number of hydrogen-bond donors (Lipinski definition) is 4. The number of aromatic nitrogens is 2.